The van der Waals surface area contributed by atoms with Gasteiger partial charge >= 0.3 is 0 Å². The van der Waals surface area contributed by atoms with Crippen LogP contribution in [0, 0.1) is 0 Å². The number of rotatable bonds is 2. The molecule has 2 aromatic carbocycles. The number of benzene rings is 2. The van der Waals surface area contributed by atoms with Gasteiger partial charge in [0.15, 0.2) is 0 Å². The summed E-state index contributed by atoms with van der Waals surface area (Å²) >= 11 is 0. The maximum absolute atomic E-state index is 11.2. The predicted octanol–water partition coefficient (Wildman–Crippen LogP) is 2.78. The molecule has 1 atom stereocenters. The van der Waals surface area contributed by atoms with Crippen LogP contribution in [0.5, 0.6) is 0 Å². The Morgan fingerprint density at radius 1 is 1.05 bits per heavy atom. The third-order valence-corrected chi connectivity index (χ3v) is 3.85. The summed E-state index contributed by atoms with van der Waals surface area (Å²) in [7, 11) is 0. The number of carbonyl (C=O) groups is 1. The lowest BCUT2D eigenvalue weighted by molar-refractivity contribution is 0.112. The van der Waals surface area contributed by atoms with Crippen molar-refractivity contribution in [2.24, 2.45) is 0 Å². The number of nitrogens with one attached hydrogen (secondary N) is 1. The second-order valence-corrected chi connectivity index (χ2v) is 4.95. The minimum absolute atomic E-state index is 0.332. The molecule has 0 aromatic heterocycles. The van der Waals surface area contributed by atoms with Crippen LogP contribution in [-0.4, -0.2) is 19.4 Å². The van der Waals surface area contributed by atoms with Crippen LogP contribution in [0.1, 0.15) is 33.0 Å². The Kier molecular flexibility index (Phi) is 3.43. The maximum Gasteiger partial charge on any atom is 0.150 e. The lowest BCUT2D eigenvalue weighted by Gasteiger charge is -2.18. The van der Waals surface area contributed by atoms with E-state index in [9.17, 15) is 4.79 Å². The molecule has 1 aliphatic heterocycles. The van der Waals surface area contributed by atoms with Crippen LogP contribution >= 0.6 is 0 Å². The Labute approximate surface area is 113 Å². The van der Waals surface area contributed by atoms with E-state index in [1.165, 1.54) is 16.7 Å². The lowest BCUT2D eigenvalue weighted by atomic mass is 9.86. The summed E-state index contributed by atoms with van der Waals surface area (Å²) in [5.41, 5.74) is 4.64. The third kappa shape index (κ3) is 2.32. The molecule has 3 rings (SSSR count). The molecule has 0 fully saturated rings. The minimum atomic E-state index is 0.332. The first kappa shape index (κ1) is 12.1. The number of fused-ring (bicyclic) bond motifs is 1. The van der Waals surface area contributed by atoms with Gasteiger partial charge in [0.1, 0.15) is 6.29 Å². The number of hydrogen-bond acceptors (Lipinski definition) is 2. The number of aldehydes is 1. The molecular formula is C17H17NO. The van der Waals surface area contributed by atoms with Gasteiger partial charge in [-0.25, -0.2) is 0 Å². The van der Waals surface area contributed by atoms with E-state index in [1.807, 2.05) is 18.2 Å². The normalized spacial score (nSPS) is 18.4. The van der Waals surface area contributed by atoms with Gasteiger partial charge in [0, 0.05) is 18.0 Å². The van der Waals surface area contributed by atoms with Gasteiger partial charge in [0.2, 0.25) is 0 Å². The predicted molar refractivity (Wildman–Crippen MR) is 76.7 cm³/mol. The summed E-state index contributed by atoms with van der Waals surface area (Å²) in [5, 5.41) is 3.48. The highest BCUT2D eigenvalue weighted by Crippen LogP contribution is 2.30. The van der Waals surface area contributed by atoms with E-state index in [1.54, 1.807) is 0 Å². The van der Waals surface area contributed by atoms with Gasteiger partial charge in [-0.05, 0) is 29.7 Å². The molecule has 0 bridgehead atoms. The molecule has 1 heterocycles. The first-order valence-corrected chi connectivity index (χ1v) is 6.73. The lowest BCUT2D eigenvalue weighted by Crippen LogP contribution is -2.20. The standard InChI is InChI=1S/C17H17NO/c19-12-14-7-4-8-16-15(14)9-10-18-11-17(16)13-5-2-1-3-6-13/h1-8,12,17-18H,9-11H2. The monoisotopic (exact) mass is 251 g/mol. The fourth-order valence-electron chi connectivity index (χ4n) is 2.90. The first-order valence-electron chi connectivity index (χ1n) is 6.73. The van der Waals surface area contributed by atoms with Gasteiger partial charge in [-0.2, -0.15) is 0 Å². The molecule has 0 aliphatic carbocycles. The molecule has 96 valence electrons. The Morgan fingerprint density at radius 2 is 1.89 bits per heavy atom. The van der Waals surface area contributed by atoms with E-state index in [2.05, 4.69) is 35.6 Å². The zero-order valence-electron chi connectivity index (χ0n) is 10.8. The highest BCUT2D eigenvalue weighted by Gasteiger charge is 2.21. The Morgan fingerprint density at radius 3 is 2.68 bits per heavy atom. The van der Waals surface area contributed by atoms with Gasteiger partial charge in [0.25, 0.3) is 0 Å². The summed E-state index contributed by atoms with van der Waals surface area (Å²) in [6.45, 7) is 1.86. The average Bonchev–Trinajstić information content (AvgIpc) is 2.70. The molecule has 1 aliphatic rings. The van der Waals surface area contributed by atoms with Crippen molar-refractivity contribution in [3.05, 3.63) is 70.8 Å². The summed E-state index contributed by atoms with van der Waals surface area (Å²) in [6, 6.07) is 16.6. The van der Waals surface area contributed by atoms with Crippen LogP contribution in [0.2, 0.25) is 0 Å². The van der Waals surface area contributed by atoms with E-state index in [-0.39, 0.29) is 0 Å². The van der Waals surface area contributed by atoms with Gasteiger partial charge in [-0.15, -0.1) is 0 Å². The Bertz CT molecular complexity index is 577. The van der Waals surface area contributed by atoms with Crippen molar-refractivity contribution in [2.45, 2.75) is 12.3 Å². The summed E-state index contributed by atoms with van der Waals surface area (Å²) in [5.74, 6) is 0.332. The molecule has 0 spiro atoms. The van der Waals surface area contributed by atoms with Gasteiger partial charge in [-0.1, -0.05) is 48.5 Å². The zero-order valence-corrected chi connectivity index (χ0v) is 10.8. The Balaban J connectivity index is 2.12. The molecule has 0 radical (unpaired) electrons. The van der Waals surface area contributed by atoms with E-state index in [0.717, 1.165) is 31.4 Å². The SMILES string of the molecule is O=Cc1cccc2c1CCNCC2c1ccccc1. The van der Waals surface area contributed by atoms with Crippen LogP contribution in [0.3, 0.4) is 0 Å². The van der Waals surface area contributed by atoms with E-state index in [0.29, 0.717) is 5.92 Å². The van der Waals surface area contributed by atoms with Crippen LogP contribution in [0.25, 0.3) is 0 Å². The van der Waals surface area contributed by atoms with Crippen molar-refractivity contribution in [1.82, 2.24) is 5.32 Å². The highest BCUT2D eigenvalue weighted by molar-refractivity contribution is 5.78. The molecule has 2 heteroatoms. The molecular weight excluding hydrogens is 234 g/mol. The van der Waals surface area contributed by atoms with Gasteiger partial charge in [-0.3, -0.25) is 4.79 Å². The van der Waals surface area contributed by atoms with Gasteiger partial charge in [0.05, 0.1) is 0 Å². The van der Waals surface area contributed by atoms with Crippen molar-refractivity contribution in [3.63, 3.8) is 0 Å². The molecule has 1 N–H and O–H groups in total. The van der Waals surface area contributed by atoms with Crippen LogP contribution in [0.15, 0.2) is 48.5 Å². The summed E-state index contributed by atoms with van der Waals surface area (Å²) in [4.78, 5) is 11.2. The maximum atomic E-state index is 11.2. The molecule has 0 saturated carbocycles. The van der Waals surface area contributed by atoms with Crippen molar-refractivity contribution < 1.29 is 4.79 Å². The smallest absolute Gasteiger partial charge is 0.150 e. The van der Waals surface area contributed by atoms with Crippen LogP contribution in [-0.2, 0) is 6.42 Å². The quantitative estimate of drug-likeness (QED) is 0.832. The van der Waals surface area contributed by atoms with E-state index < -0.39 is 0 Å². The topological polar surface area (TPSA) is 29.1 Å². The van der Waals surface area contributed by atoms with Gasteiger partial charge < -0.3 is 5.32 Å². The first-order chi connectivity index (χ1) is 9.40. The molecule has 0 saturated heterocycles. The number of carbonyl (C=O) groups excluding carboxylic acids is 1. The zero-order chi connectivity index (χ0) is 13.1. The molecule has 1 unspecified atom stereocenters. The largest absolute Gasteiger partial charge is 0.315 e. The second-order valence-electron chi connectivity index (χ2n) is 4.95. The highest BCUT2D eigenvalue weighted by atomic mass is 16.1. The van der Waals surface area contributed by atoms with E-state index >= 15 is 0 Å². The third-order valence-electron chi connectivity index (χ3n) is 3.85. The van der Waals surface area contributed by atoms with Crippen LogP contribution < -0.4 is 5.32 Å². The van der Waals surface area contributed by atoms with Crippen LogP contribution in [0.4, 0.5) is 0 Å². The fraction of sp³-hybridized carbons (Fsp3) is 0.235. The number of hydrogen-bond donors (Lipinski definition) is 1. The summed E-state index contributed by atoms with van der Waals surface area (Å²) < 4.78 is 0. The molecule has 19 heavy (non-hydrogen) atoms. The molecule has 2 aromatic rings. The van der Waals surface area contributed by atoms with Crippen molar-refractivity contribution >= 4 is 6.29 Å². The second kappa shape index (κ2) is 5.37. The molecule has 2 nitrogen and oxygen atoms in total. The van der Waals surface area contributed by atoms with E-state index in [4.69, 9.17) is 0 Å². The minimum Gasteiger partial charge on any atom is -0.315 e. The Hall–Kier alpha value is -1.93. The fourth-order valence-corrected chi connectivity index (χ4v) is 2.90. The average molecular weight is 251 g/mol. The van der Waals surface area contributed by atoms with Crippen molar-refractivity contribution in [1.29, 1.82) is 0 Å². The van der Waals surface area contributed by atoms with Crippen molar-refractivity contribution in [3.8, 4) is 0 Å². The van der Waals surface area contributed by atoms with Crippen molar-refractivity contribution in [2.75, 3.05) is 13.1 Å². The summed E-state index contributed by atoms with van der Waals surface area (Å²) in [6.07, 6.45) is 1.90. The molecule has 0 amide bonds.